The van der Waals surface area contributed by atoms with Gasteiger partial charge in [0.25, 0.3) is 5.91 Å². The smallest absolute Gasteiger partial charge is 0.330 e. The van der Waals surface area contributed by atoms with Gasteiger partial charge in [0.2, 0.25) is 0 Å². The van der Waals surface area contributed by atoms with Gasteiger partial charge in [-0.2, -0.15) is 0 Å². The Labute approximate surface area is 179 Å². The van der Waals surface area contributed by atoms with Crippen molar-refractivity contribution in [2.75, 3.05) is 25.6 Å². The third-order valence-electron chi connectivity index (χ3n) is 3.79. The van der Waals surface area contributed by atoms with E-state index in [-0.39, 0.29) is 24.7 Å². The number of ether oxygens (including phenoxy) is 3. The molecule has 0 aliphatic rings. The third-order valence-corrected chi connectivity index (χ3v) is 3.79. The molecule has 2 N–H and O–H groups in total. The van der Waals surface area contributed by atoms with Crippen LogP contribution >= 0.6 is 0 Å². The number of nitrogens with zero attached hydrogens (tertiary/aromatic N) is 2. The van der Waals surface area contributed by atoms with Gasteiger partial charge in [0, 0.05) is 6.08 Å². The van der Waals surface area contributed by atoms with Crippen molar-refractivity contribution in [2.24, 2.45) is 10.2 Å². The fourth-order valence-corrected chi connectivity index (χ4v) is 2.33. The first-order valence-electron chi connectivity index (χ1n) is 9.23. The summed E-state index contributed by atoms with van der Waals surface area (Å²) in [6, 6.07) is 13.5. The quantitative estimate of drug-likeness (QED) is 0.192. The average molecular weight is 425 g/mol. The monoisotopic (exact) mass is 425 g/mol. The van der Waals surface area contributed by atoms with Crippen LogP contribution < -0.4 is 14.8 Å². The predicted molar refractivity (Wildman–Crippen MR) is 115 cm³/mol. The summed E-state index contributed by atoms with van der Waals surface area (Å²) in [6.07, 6.45) is 1.06. The minimum atomic E-state index is -0.664. The fraction of sp³-hybridized carbons (Fsp3) is 0.182. The average Bonchev–Trinajstić information content (AvgIpc) is 2.77. The van der Waals surface area contributed by atoms with E-state index in [2.05, 4.69) is 22.1 Å². The number of rotatable bonds is 10. The SMILES string of the molecule is C=CC(=O)OCCOc1ccccc1N=NC(C(=O)Nc1ccccc1OC)=C(C)O. The standard InChI is InChI=1S/C22H23N3O6/c1-4-20(27)31-14-13-30-19-12-8-6-10-17(19)24-25-21(15(2)26)22(28)23-16-9-5-7-11-18(16)29-3/h4-12,26H,1,13-14H2,2-3H3,(H,23,28). The van der Waals surface area contributed by atoms with E-state index < -0.39 is 11.9 Å². The number of nitrogens with one attached hydrogen (secondary N) is 1. The van der Waals surface area contributed by atoms with Crippen LogP contribution in [0.3, 0.4) is 0 Å². The van der Waals surface area contributed by atoms with Crippen molar-refractivity contribution in [1.82, 2.24) is 0 Å². The minimum absolute atomic E-state index is 0.0263. The maximum Gasteiger partial charge on any atom is 0.330 e. The highest BCUT2D eigenvalue weighted by atomic mass is 16.6. The molecule has 2 aromatic carbocycles. The molecule has 9 heteroatoms. The molecule has 0 bridgehead atoms. The Kier molecular flexibility index (Phi) is 8.78. The van der Waals surface area contributed by atoms with Crippen LogP contribution in [0, 0.1) is 0 Å². The summed E-state index contributed by atoms with van der Waals surface area (Å²) in [7, 11) is 1.48. The summed E-state index contributed by atoms with van der Waals surface area (Å²) in [5, 5.41) is 20.5. The minimum Gasteiger partial charge on any atom is -0.510 e. The number of para-hydroxylation sites is 3. The number of anilines is 1. The number of carbonyl (C=O) groups excluding carboxylic acids is 2. The van der Waals surface area contributed by atoms with Gasteiger partial charge >= 0.3 is 5.97 Å². The van der Waals surface area contributed by atoms with E-state index >= 15 is 0 Å². The van der Waals surface area contributed by atoms with Crippen LogP contribution in [0.5, 0.6) is 11.5 Å². The molecule has 0 saturated heterocycles. The first-order chi connectivity index (χ1) is 15.0. The molecule has 0 saturated carbocycles. The van der Waals surface area contributed by atoms with E-state index in [4.69, 9.17) is 14.2 Å². The van der Waals surface area contributed by atoms with E-state index in [9.17, 15) is 14.7 Å². The second-order valence-corrected chi connectivity index (χ2v) is 5.98. The first-order valence-corrected chi connectivity index (χ1v) is 9.23. The van der Waals surface area contributed by atoms with Crippen LogP contribution in [0.4, 0.5) is 11.4 Å². The van der Waals surface area contributed by atoms with Gasteiger partial charge in [-0.25, -0.2) is 4.79 Å². The van der Waals surface area contributed by atoms with Gasteiger partial charge in [0.05, 0.1) is 12.8 Å². The second kappa shape index (κ2) is 11.8. The molecule has 162 valence electrons. The summed E-state index contributed by atoms with van der Waals surface area (Å²) in [6.45, 7) is 4.75. The number of carbonyl (C=O) groups is 2. The van der Waals surface area contributed by atoms with Gasteiger partial charge in [-0.15, -0.1) is 10.2 Å². The van der Waals surface area contributed by atoms with Gasteiger partial charge in [-0.05, 0) is 31.2 Å². The van der Waals surface area contributed by atoms with E-state index in [0.717, 1.165) is 6.08 Å². The molecular weight excluding hydrogens is 402 g/mol. The number of allylic oxidation sites excluding steroid dienone is 1. The zero-order chi connectivity index (χ0) is 22.6. The number of amides is 1. The van der Waals surface area contributed by atoms with E-state index in [1.165, 1.54) is 14.0 Å². The number of hydrogen-bond donors (Lipinski definition) is 2. The molecule has 0 heterocycles. The van der Waals surface area contributed by atoms with Gasteiger partial charge < -0.3 is 24.6 Å². The summed E-state index contributed by atoms with van der Waals surface area (Å²) in [5.41, 5.74) is 0.462. The van der Waals surface area contributed by atoms with Crippen LogP contribution in [0.2, 0.25) is 0 Å². The summed E-state index contributed by atoms with van der Waals surface area (Å²) < 4.78 is 15.6. The number of aliphatic hydroxyl groups excluding tert-OH is 1. The predicted octanol–water partition coefficient (Wildman–Crippen LogP) is 4.32. The van der Waals surface area contributed by atoms with Crippen LogP contribution in [-0.4, -0.2) is 37.3 Å². The molecule has 2 rings (SSSR count). The topological polar surface area (TPSA) is 119 Å². The van der Waals surface area contributed by atoms with Crippen LogP contribution in [0.25, 0.3) is 0 Å². The molecule has 0 atom stereocenters. The fourth-order valence-electron chi connectivity index (χ4n) is 2.33. The maximum atomic E-state index is 12.6. The molecule has 0 fully saturated rings. The lowest BCUT2D eigenvalue weighted by Crippen LogP contribution is -2.15. The molecule has 1 amide bonds. The van der Waals surface area contributed by atoms with Crippen molar-refractivity contribution >= 4 is 23.3 Å². The molecule has 0 spiro atoms. The summed E-state index contributed by atoms with van der Waals surface area (Å²) >= 11 is 0. The second-order valence-electron chi connectivity index (χ2n) is 5.98. The summed E-state index contributed by atoms with van der Waals surface area (Å²) in [5.74, 6) is -0.709. The lowest BCUT2D eigenvalue weighted by Gasteiger charge is -2.10. The van der Waals surface area contributed by atoms with Crippen molar-refractivity contribution in [1.29, 1.82) is 0 Å². The molecule has 0 unspecified atom stereocenters. The molecule has 9 nitrogen and oxygen atoms in total. The zero-order valence-electron chi connectivity index (χ0n) is 17.2. The van der Waals surface area contributed by atoms with E-state index in [0.29, 0.717) is 22.9 Å². The highest BCUT2D eigenvalue weighted by molar-refractivity contribution is 6.04. The largest absolute Gasteiger partial charge is 0.510 e. The highest BCUT2D eigenvalue weighted by Gasteiger charge is 2.15. The number of hydrogen-bond acceptors (Lipinski definition) is 8. The van der Waals surface area contributed by atoms with Gasteiger partial charge in [0.15, 0.2) is 5.70 Å². The molecule has 31 heavy (non-hydrogen) atoms. The van der Waals surface area contributed by atoms with Crippen molar-refractivity contribution in [3.63, 3.8) is 0 Å². The van der Waals surface area contributed by atoms with E-state index in [1.807, 2.05) is 0 Å². The lowest BCUT2D eigenvalue weighted by atomic mass is 10.2. The Bertz CT molecular complexity index is 996. The molecule has 2 aromatic rings. The molecule has 0 radical (unpaired) electrons. The Morgan fingerprint density at radius 2 is 1.77 bits per heavy atom. The number of esters is 1. The van der Waals surface area contributed by atoms with Crippen molar-refractivity contribution in [3.05, 3.63) is 72.6 Å². The van der Waals surface area contributed by atoms with Crippen LogP contribution in [0.15, 0.2) is 82.9 Å². The zero-order valence-corrected chi connectivity index (χ0v) is 17.2. The number of benzene rings is 2. The van der Waals surface area contributed by atoms with Gasteiger partial charge in [-0.3, -0.25) is 4.79 Å². The van der Waals surface area contributed by atoms with Gasteiger partial charge in [-0.1, -0.05) is 30.8 Å². The van der Waals surface area contributed by atoms with Crippen LogP contribution in [-0.2, 0) is 14.3 Å². The molecule has 0 aliphatic carbocycles. The molecular formula is C22H23N3O6. The van der Waals surface area contributed by atoms with Crippen LogP contribution in [0.1, 0.15) is 6.92 Å². The Hall–Kier alpha value is -4.14. The van der Waals surface area contributed by atoms with Crippen molar-refractivity contribution in [2.45, 2.75) is 6.92 Å². The van der Waals surface area contributed by atoms with Crippen molar-refractivity contribution in [3.8, 4) is 11.5 Å². The first kappa shape index (κ1) is 23.1. The number of azo groups is 1. The van der Waals surface area contributed by atoms with E-state index in [1.54, 1.807) is 48.5 Å². The Morgan fingerprint density at radius 1 is 1.10 bits per heavy atom. The lowest BCUT2D eigenvalue weighted by molar-refractivity contribution is -0.138. The van der Waals surface area contributed by atoms with Crippen molar-refractivity contribution < 1.29 is 28.9 Å². The molecule has 0 aromatic heterocycles. The Balaban J connectivity index is 2.12. The highest BCUT2D eigenvalue weighted by Crippen LogP contribution is 2.28. The summed E-state index contributed by atoms with van der Waals surface area (Å²) in [4.78, 5) is 23.7. The molecule has 0 aliphatic heterocycles. The number of aliphatic hydroxyl groups is 1. The third kappa shape index (κ3) is 7.00. The maximum absolute atomic E-state index is 12.6. The van der Waals surface area contributed by atoms with Gasteiger partial charge in [0.1, 0.15) is 36.2 Å². The number of methoxy groups -OCH3 is 1. The Morgan fingerprint density at radius 3 is 2.45 bits per heavy atom. The normalized spacial score (nSPS) is 11.4.